The molecule has 2 heteroatoms. The van der Waals surface area contributed by atoms with Crippen LogP contribution in [0.3, 0.4) is 0 Å². The highest BCUT2D eigenvalue weighted by molar-refractivity contribution is 5.29. The number of hydrogen-bond donors (Lipinski definition) is 0. The molecule has 0 radical (unpaired) electrons. The largest absolute Gasteiger partial charge is 0.494 e. The predicted molar refractivity (Wildman–Crippen MR) is 73.7 cm³/mol. The van der Waals surface area contributed by atoms with Crippen molar-refractivity contribution in [1.82, 2.24) is 0 Å². The molecule has 0 rings (SSSR count). The summed E-state index contributed by atoms with van der Waals surface area (Å²) in [6.07, 6.45) is 7.21. The Bertz CT molecular complexity index is 296. The van der Waals surface area contributed by atoms with Gasteiger partial charge in [-0.05, 0) is 37.8 Å². The summed E-state index contributed by atoms with van der Waals surface area (Å²) in [5.74, 6) is 2.12. The summed E-state index contributed by atoms with van der Waals surface area (Å²) in [5.41, 5.74) is 1.24. The van der Waals surface area contributed by atoms with Gasteiger partial charge in [-0.2, -0.15) is 0 Å². The Labute approximate surface area is 106 Å². The number of hydrogen-bond acceptors (Lipinski definition) is 2. The van der Waals surface area contributed by atoms with Crippen LogP contribution in [0.2, 0.25) is 0 Å². The molecule has 0 spiro atoms. The minimum Gasteiger partial charge on any atom is -0.494 e. The molecule has 0 fully saturated rings. The number of ether oxygens (including phenoxy) is 2. The molecule has 0 bridgehead atoms. The lowest BCUT2D eigenvalue weighted by molar-refractivity contribution is 0.184. The second-order valence-corrected chi connectivity index (χ2v) is 4.27. The van der Waals surface area contributed by atoms with Gasteiger partial charge in [0.2, 0.25) is 0 Å². The third kappa shape index (κ3) is 6.20. The second kappa shape index (κ2) is 8.91. The number of rotatable bonds is 7. The highest BCUT2D eigenvalue weighted by atomic mass is 16.5. The third-order valence-electron chi connectivity index (χ3n) is 2.41. The third-order valence-corrected chi connectivity index (χ3v) is 2.41. The van der Waals surface area contributed by atoms with Crippen molar-refractivity contribution in [3.63, 3.8) is 0 Å². The summed E-state index contributed by atoms with van der Waals surface area (Å²) in [4.78, 5) is 0. The normalized spacial score (nSPS) is 14.2. The molecule has 0 N–H and O–H groups in total. The van der Waals surface area contributed by atoms with Crippen molar-refractivity contribution in [3.8, 4) is 0 Å². The molecule has 0 aliphatic heterocycles. The first kappa shape index (κ1) is 15.8. The van der Waals surface area contributed by atoms with E-state index in [9.17, 15) is 0 Å². The minimum absolute atomic E-state index is 0.468. The van der Waals surface area contributed by atoms with Gasteiger partial charge in [0.1, 0.15) is 5.76 Å². The van der Waals surface area contributed by atoms with E-state index in [1.807, 2.05) is 19.9 Å². The average molecular weight is 238 g/mol. The van der Waals surface area contributed by atoms with Crippen molar-refractivity contribution in [2.24, 2.45) is 5.92 Å². The van der Waals surface area contributed by atoms with Crippen LogP contribution in [0.4, 0.5) is 0 Å². The van der Waals surface area contributed by atoms with Gasteiger partial charge < -0.3 is 9.47 Å². The van der Waals surface area contributed by atoms with Crippen LogP contribution < -0.4 is 0 Å². The molecule has 0 aromatic carbocycles. The molecule has 0 unspecified atom stereocenters. The van der Waals surface area contributed by atoms with Crippen LogP contribution in [0.1, 0.15) is 41.0 Å². The van der Waals surface area contributed by atoms with E-state index < -0.39 is 0 Å². The molecule has 2 nitrogen and oxygen atoms in total. The van der Waals surface area contributed by atoms with E-state index in [-0.39, 0.29) is 0 Å². The maximum absolute atomic E-state index is 5.59. The molecule has 0 saturated heterocycles. The van der Waals surface area contributed by atoms with E-state index in [0.29, 0.717) is 5.92 Å². The number of allylic oxidation sites excluding steroid dienone is 5. The van der Waals surface area contributed by atoms with Gasteiger partial charge >= 0.3 is 0 Å². The predicted octanol–water partition coefficient (Wildman–Crippen LogP) is 4.45. The second-order valence-electron chi connectivity index (χ2n) is 4.27. The van der Waals surface area contributed by atoms with Crippen LogP contribution in [-0.2, 0) is 9.47 Å². The molecular formula is C15H26O2. The van der Waals surface area contributed by atoms with Gasteiger partial charge in [-0.25, -0.2) is 0 Å². The maximum Gasteiger partial charge on any atom is 0.156 e. The molecule has 0 atom stereocenters. The van der Waals surface area contributed by atoms with Crippen LogP contribution in [-0.4, -0.2) is 13.7 Å². The van der Waals surface area contributed by atoms with Gasteiger partial charge in [-0.3, -0.25) is 0 Å². The lowest BCUT2D eigenvalue weighted by Gasteiger charge is -2.12. The summed E-state index contributed by atoms with van der Waals surface area (Å²) >= 11 is 0. The van der Waals surface area contributed by atoms with Gasteiger partial charge in [0.25, 0.3) is 0 Å². The fourth-order valence-electron chi connectivity index (χ4n) is 1.38. The molecule has 0 aliphatic rings. The molecule has 0 heterocycles. The summed E-state index contributed by atoms with van der Waals surface area (Å²) in [6, 6.07) is 0. The fourth-order valence-corrected chi connectivity index (χ4v) is 1.38. The van der Waals surface area contributed by atoms with E-state index in [2.05, 4.69) is 32.9 Å². The summed E-state index contributed by atoms with van der Waals surface area (Å²) in [6.45, 7) is 11.1. The van der Waals surface area contributed by atoms with Crippen molar-refractivity contribution >= 4 is 0 Å². The SMILES string of the molecule is C\C=C/C(=C/C(OC)=C(\C)OCCC)C(C)C. The van der Waals surface area contributed by atoms with Crippen LogP contribution >= 0.6 is 0 Å². The molecule has 0 aliphatic carbocycles. The van der Waals surface area contributed by atoms with E-state index in [4.69, 9.17) is 9.47 Å². The van der Waals surface area contributed by atoms with Crippen LogP contribution in [0.25, 0.3) is 0 Å². The van der Waals surface area contributed by atoms with Crippen LogP contribution in [0, 0.1) is 5.92 Å². The van der Waals surface area contributed by atoms with Gasteiger partial charge in [-0.15, -0.1) is 0 Å². The van der Waals surface area contributed by atoms with E-state index in [1.165, 1.54) is 5.57 Å². The molecule has 98 valence electrons. The lowest BCUT2D eigenvalue weighted by Crippen LogP contribution is -1.99. The molecule has 0 aromatic heterocycles. The van der Waals surface area contributed by atoms with Crippen LogP contribution in [0.15, 0.2) is 35.3 Å². The zero-order chi connectivity index (χ0) is 13.3. The monoisotopic (exact) mass is 238 g/mol. The Kier molecular flexibility index (Phi) is 8.29. The van der Waals surface area contributed by atoms with Gasteiger partial charge in [-0.1, -0.05) is 32.9 Å². The summed E-state index contributed by atoms with van der Waals surface area (Å²) < 4.78 is 11.0. The van der Waals surface area contributed by atoms with Crippen molar-refractivity contribution in [2.75, 3.05) is 13.7 Å². The highest BCUT2D eigenvalue weighted by Gasteiger charge is 2.05. The Morgan fingerprint density at radius 2 is 1.94 bits per heavy atom. The zero-order valence-electron chi connectivity index (χ0n) is 12.0. The minimum atomic E-state index is 0.468. The first-order valence-electron chi connectivity index (χ1n) is 6.28. The van der Waals surface area contributed by atoms with Gasteiger partial charge in [0, 0.05) is 0 Å². The smallest absolute Gasteiger partial charge is 0.156 e. The maximum atomic E-state index is 5.59. The average Bonchev–Trinajstić information content (AvgIpc) is 2.31. The highest BCUT2D eigenvalue weighted by Crippen LogP contribution is 2.17. The summed E-state index contributed by atoms with van der Waals surface area (Å²) in [5, 5.41) is 0. The first-order valence-corrected chi connectivity index (χ1v) is 6.28. The van der Waals surface area contributed by atoms with E-state index >= 15 is 0 Å². The van der Waals surface area contributed by atoms with Crippen molar-refractivity contribution in [3.05, 3.63) is 35.3 Å². The van der Waals surface area contributed by atoms with Gasteiger partial charge in [0.05, 0.1) is 13.7 Å². The van der Waals surface area contributed by atoms with Gasteiger partial charge in [0.15, 0.2) is 5.76 Å². The van der Waals surface area contributed by atoms with E-state index in [0.717, 1.165) is 24.5 Å². The Morgan fingerprint density at radius 1 is 1.29 bits per heavy atom. The topological polar surface area (TPSA) is 18.5 Å². The Morgan fingerprint density at radius 3 is 2.35 bits per heavy atom. The molecule has 0 aromatic rings. The number of methoxy groups -OCH3 is 1. The van der Waals surface area contributed by atoms with Crippen molar-refractivity contribution in [1.29, 1.82) is 0 Å². The summed E-state index contributed by atoms with van der Waals surface area (Å²) in [7, 11) is 1.68. The van der Waals surface area contributed by atoms with E-state index in [1.54, 1.807) is 7.11 Å². The van der Waals surface area contributed by atoms with Crippen molar-refractivity contribution in [2.45, 2.75) is 41.0 Å². The lowest BCUT2D eigenvalue weighted by atomic mass is 10.0. The Hall–Kier alpha value is -1.18. The molecule has 0 saturated carbocycles. The molecular weight excluding hydrogens is 212 g/mol. The van der Waals surface area contributed by atoms with Crippen LogP contribution in [0.5, 0.6) is 0 Å². The molecule has 17 heavy (non-hydrogen) atoms. The Balaban J connectivity index is 5.02. The van der Waals surface area contributed by atoms with Crippen molar-refractivity contribution < 1.29 is 9.47 Å². The standard InChI is InChI=1S/C15H26O2/c1-7-9-14(12(3)4)11-15(16-6)13(5)17-10-8-2/h7,9,11-12H,8,10H2,1-6H3/b9-7-,14-11-,15-13-. The first-order chi connectivity index (χ1) is 8.06. The molecule has 0 amide bonds. The fraction of sp³-hybridized carbons (Fsp3) is 0.600. The quantitative estimate of drug-likeness (QED) is 0.482. The zero-order valence-corrected chi connectivity index (χ0v) is 12.0.